The summed E-state index contributed by atoms with van der Waals surface area (Å²) in [7, 11) is -0.907. The van der Waals surface area contributed by atoms with Crippen molar-refractivity contribution in [3.8, 4) is 0 Å². The van der Waals surface area contributed by atoms with E-state index >= 15 is 0 Å². The van der Waals surface area contributed by atoms with Crippen LogP contribution in [0.15, 0.2) is 54.6 Å². The molecule has 0 heterocycles. The summed E-state index contributed by atoms with van der Waals surface area (Å²) in [6, 6.07) is 16.8. The average Bonchev–Trinajstić information content (AvgIpc) is 2.86. The Morgan fingerprint density at radius 1 is 0.925 bits per heavy atom. The lowest BCUT2D eigenvalue weighted by Crippen LogP contribution is -2.44. The fraction of sp³-hybridized carbons (Fsp3) is 0.516. The Bertz CT molecular complexity index is 1110. The molecule has 0 fully saturated rings. The Balaban J connectivity index is 2.21. The van der Waals surface area contributed by atoms with Gasteiger partial charge in [-0.3, -0.25) is 14.5 Å². The quantitative estimate of drug-likeness (QED) is 0.253. The highest BCUT2D eigenvalue weighted by molar-refractivity contribution is 6.48. The van der Waals surface area contributed by atoms with Crippen LogP contribution in [0.5, 0.6) is 0 Å². The predicted octanol–water partition coefficient (Wildman–Crippen LogP) is 5.90. The highest BCUT2D eigenvalue weighted by atomic mass is 28.3. The molecule has 0 aliphatic carbocycles. The SMILES string of the molecule is C[Si](C)OC(CCc1ccccc1N(CC(=O)OC(C)(C)C)C(=O)CNC(=O)OCc1ccccc1)C(C)(C)C. The van der Waals surface area contributed by atoms with Crippen molar-refractivity contribution in [1.82, 2.24) is 5.32 Å². The zero-order valence-corrected chi connectivity index (χ0v) is 26.2. The number of hydrogen-bond acceptors (Lipinski definition) is 6. The third-order valence-corrected chi connectivity index (χ3v) is 6.66. The van der Waals surface area contributed by atoms with Crippen molar-refractivity contribution in [1.29, 1.82) is 0 Å². The summed E-state index contributed by atoms with van der Waals surface area (Å²) in [4.78, 5) is 40.0. The molecule has 2 rings (SSSR count). The minimum absolute atomic E-state index is 0.0421. The van der Waals surface area contributed by atoms with Gasteiger partial charge in [-0.15, -0.1) is 0 Å². The molecular weight excluding hydrogens is 524 g/mol. The van der Waals surface area contributed by atoms with Crippen LogP contribution >= 0.6 is 0 Å². The summed E-state index contributed by atoms with van der Waals surface area (Å²) in [6.45, 7) is 15.5. The van der Waals surface area contributed by atoms with E-state index in [1.807, 2.05) is 54.6 Å². The lowest BCUT2D eigenvalue weighted by Gasteiger charge is -2.33. The minimum Gasteiger partial charge on any atom is -0.459 e. The Labute approximate surface area is 241 Å². The molecule has 0 aliphatic rings. The first-order chi connectivity index (χ1) is 18.7. The van der Waals surface area contributed by atoms with Crippen molar-refractivity contribution in [3.63, 3.8) is 0 Å². The van der Waals surface area contributed by atoms with Gasteiger partial charge < -0.3 is 19.2 Å². The van der Waals surface area contributed by atoms with Crippen LogP contribution in [0.4, 0.5) is 10.5 Å². The molecule has 0 aliphatic heterocycles. The van der Waals surface area contributed by atoms with Crippen molar-refractivity contribution in [2.24, 2.45) is 5.41 Å². The Kier molecular flexibility index (Phi) is 12.4. The second kappa shape index (κ2) is 15.0. The first-order valence-electron chi connectivity index (χ1n) is 13.7. The van der Waals surface area contributed by atoms with Gasteiger partial charge in [-0.05, 0) is 69.3 Å². The summed E-state index contributed by atoms with van der Waals surface area (Å²) >= 11 is 0. The van der Waals surface area contributed by atoms with E-state index in [1.165, 1.54) is 4.90 Å². The van der Waals surface area contributed by atoms with Gasteiger partial charge in [0.15, 0.2) is 0 Å². The number of carbonyl (C=O) groups is 3. The van der Waals surface area contributed by atoms with Gasteiger partial charge >= 0.3 is 12.1 Å². The summed E-state index contributed by atoms with van der Waals surface area (Å²) in [5.41, 5.74) is 1.59. The van der Waals surface area contributed by atoms with Crippen LogP contribution in [-0.2, 0) is 36.5 Å². The van der Waals surface area contributed by atoms with Crippen LogP contribution in [0, 0.1) is 5.41 Å². The maximum atomic E-state index is 13.4. The molecule has 2 aromatic carbocycles. The summed E-state index contributed by atoms with van der Waals surface area (Å²) in [5.74, 6) is -0.992. The number of para-hydroxylation sites is 1. The first kappa shape index (κ1) is 33.0. The van der Waals surface area contributed by atoms with Gasteiger partial charge in [0.2, 0.25) is 14.9 Å². The number of rotatable bonds is 12. The molecule has 1 radical (unpaired) electrons. The van der Waals surface area contributed by atoms with E-state index < -0.39 is 32.6 Å². The number of ether oxygens (including phenoxy) is 2. The number of anilines is 1. The Hall–Kier alpha value is -3.17. The molecule has 1 unspecified atom stereocenters. The third kappa shape index (κ3) is 11.9. The molecule has 8 nitrogen and oxygen atoms in total. The molecule has 219 valence electrons. The average molecular weight is 570 g/mol. The van der Waals surface area contributed by atoms with E-state index in [0.717, 1.165) is 17.5 Å². The number of nitrogens with zero attached hydrogens (tertiary/aromatic N) is 1. The Morgan fingerprint density at radius 3 is 2.15 bits per heavy atom. The number of nitrogens with one attached hydrogen (secondary N) is 1. The summed E-state index contributed by atoms with van der Waals surface area (Å²) in [6.07, 6.45) is 0.734. The number of benzene rings is 2. The number of aryl methyl sites for hydroxylation is 1. The third-order valence-electron chi connectivity index (χ3n) is 5.91. The molecule has 40 heavy (non-hydrogen) atoms. The Morgan fingerprint density at radius 2 is 1.55 bits per heavy atom. The van der Waals surface area contributed by atoms with Crippen LogP contribution < -0.4 is 10.2 Å². The second-order valence-corrected chi connectivity index (χ2v) is 14.1. The van der Waals surface area contributed by atoms with Crippen LogP contribution in [0.2, 0.25) is 13.1 Å². The molecule has 2 aromatic rings. The van der Waals surface area contributed by atoms with Crippen molar-refractivity contribution in [2.75, 3.05) is 18.0 Å². The highest BCUT2D eigenvalue weighted by Crippen LogP contribution is 2.29. The van der Waals surface area contributed by atoms with Crippen molar-refractivity contribution < 1.29 is 28.3 Å². The molecular formula is C31H45N2O6Si. The topological polar surface area (TPSA) is 94.2 Å². The van der Waals surface area contributed by atoms with E-state index in [2.05, 4.69) is 39.2 Å². The highest BCUT2D eigenvalue weighted by Gasteiger charge is 2.28. The van der Waals surface area contributed by atoms with Gasteiger partial charge in [-0.2, -0.15) is 0 Å². The van der Waals surface area contributed by atoms with Crippen molar-refractivity contribution >= 4 is 32.7 Å². The first-order valence-corrected chi connectivity index (χ1v) is 16.1. The zero-order valence-electron chi connectivity index (χ0n) is 25.2. The number of amides is 2. The van der Waals surface area contributed by atoms with E-state index in [9.17, 15) is 14.4 Å². The molecule has 2 amide bonds. The van der Waals surface area contributed by atoms with Gasteiger partial charge in [0, 0.05) is 5.69 Å². The van der Waals surface area contributed by atoms with Gasteiger partial charge in [0.1, 0.15) is 25.3 Å². The number of hydrogen-bond donors (Lipinski definition) is 1. The smallest absolute Gasteiger partial charge is 0.407 e. The molecule has 0 aromatic heterocycles. The largest absolute Gasteiger partial charge is 0.459 e. The van der Waals surface area contributed by atoms with Gasteiger partial charge in [-0.1, -0.05) is 69.3 Å². The van der Waals surface area contributed by atoms with E-state index in [1.54, 1.807) is 20.8 Å². The van der Waals surface area contributed by atoms with E-state index in [0.29, 0.717) is 12.1 Å². The molecule has 1 N–H and O–H groups in total. The monoisotopic (exact) mass is 569 g/mol. The van der Waals surface area contributed by atoms with Crippen LogP contribution in [0.25, 0.3) is 0 Å². The molecule has 1 atom stereocenters. The summed E-state index contributed by atoms with van der Waals surface area (Å²) < 4.78 is 17.1. The van der Waals surface area contributed by atoms with Crippen LogP contribution in [-0.4, -0.2) is 51.8 Å². The molecule has 0 bridgehead atoms. The van der Waals surface area contributed by atoms with E-state index in [-0.39, 0.29) is 31.2 Å². The second-order valence-electron chi connectivity index (χ2n) is 12.0. The predicted molar refractivity (Wildman–Crippen MR) is 159 cm³/mol. The lowest BCUT2D eigenvalue weighted by molar-refractivity contribution is -0.153. The standard InChI is InChI=1S/C31H45N2O6Si/c1-30(2,3)26(39-40(7)8)19-18-24-16-12-13-17-25(24)33(21-28(35)38-31(4,5)6)27(34)20-32-29(36)37-22-23-14-10-9-11-15-23/h9-17,26H,18-22H2,1-8H3,(H,32,36). The van der Waals surface area contributed by atoms with Gasteiger partial charge in [0.05, 0.1) is 6.10 Å². The minimum atomic E-state index is -0.907. The molecule has 0 saturated heterocycles. The number of carbonyl (C=O) groups excluding carboxylic acids is 3. The molecule has 0 spiro atoms. The maximum absolute atomic E-state index is 13.4. The normalized spacial score (nSPS) is 12.5. The van der Waals surface area contributed by atoms with Gasteiger partial charge in [-0.25, -0.2) is 4.79 Å². The maximum Gasteiger partial charge on any atom is 0.407 e. The number of alkyl carbamates (subject to hydrolysis) is 1. The fourth-order valence-electron chi connectivity index (χ4n) is 4.05. The number of esters is 1. The van der Waals surface area contributed by atoms with Crippen molar-refractivity contribution in [2.45, 2.75) is 85.8 Å². The van der Waals surface area contributed by atoms with Crippen LogP contribution in [0.3, 0.4) is 0 Å². The molecule has 0 saturated carbocycles. The van der Waals surface area contributed by atoms with Crippen molar-refractivity contribution in [3.05, 3.63) is 65.7 Å². The zero-order chi connectivity index (χ0) is 29.9. The van der Waals surface area contributed by atoms with E-state index in [4.69, 9.17) is 13.9 Å². The lowest BCUT2D eigenvalue weighted by atomic mass is 9.85. The molecule has 9 heteroatoms. The van der Waals surface area contributed by atoms with Gasteiger partial charge in [0.25, 0.3) is 0 Å². The summed E-state index contributed by atoms with van der Waals surface area (Å²) in [5, 5.41) is 2.51. The van der Waals surface area contributed by atoms with Crippen LogP contribution in [0.1, 0.15) is 59.1 Å². The fourth-order valence-corrected chi connectivity index (χ4v) is 5.09.